The molecule has 56 heavy (non-hydrogen) atoms. The molecule has 334 valence electrons. The third-order valence-corrected chi connectivity index (χ3v) is 13.1. The van der Waals surface area contributed by atoms with Crippen molar-refractivity contribution in [1.82, 2.24) is 4.90 Å². The van der Waals surface area contributed by atoms with Crippen LogP contribution in [0.4, 0.5) is 0 Å². The van der Waals surface area contributed by atoms with E-state index in [4.69, 9.17) is 4.74 Å². The van der Waals surface area contributed by atoms with E-state index in [1.165, 1.54) is 173 Å². The highest BCUT2D eigenvalue weighted by Crippen LogP contribution is 2.27. The van der Waals surface area contributed by atoms with Gasteiger partial charge in [0.15, 0.2) is 5.12 Å². The minimum atomic E-state index is 0.0665. The maximum atomic E-state index is 13.0. The summed E-state index contributed by atoms with van der Waals surface area (Å²) in [4.78, 5) is 28.5. The lowest BCUT2D eigenvalue weighted by molar-refractivity contribution is -0.149. The monoisotopic (exact) mass is 810 g/mol. The van der Waals surface area contributed by atoms with Gasteiger partial charge >= 0.3 is 5.97 Å². The number of esters is 1. The highest BCUT2D eigenvalue weighted by atomic mass is 32.2. The normalized spacial score (nSPS) is 12.8. The summed E-state index contributed by atoms with van der Waals surface area (Å²) in [5, 5.41) is 10.3. The average molecular weight is 810 g/mol. The number of ether oxygens (including phenoxy) is 1. The smallest absolute Gasteiger partial charge is 0.308 e. The molecule has 0 saturated carbocycles. The van der Waals surface area contributed by atoms with Crippen molar-refractivity contribution in [3.05, 3.63) is 0 Å². The molecule has 0 rings (SSSR count). The summed E-state index contributed by atoms with van der Waals surface area (Å²) in [6.07, 6.45) is 44.6. The Labute approximate surface area is 355 Å². The molecule has 0 aliphatic rings. The van der Waals surface area contributed by atoms with Crippen LogP contribution in [0.2, 0.25) is 0 Å². The molecule has 2 unspecified atom stereocenters. The van der Waals surface area contributed by atoms with E-state index in [-0.39, 0.29) is 18.5 Å². The first-order valence-electron chi connectivity index (χ1n) is 25.2. The van der Waals surface area contributed by atoms with Crippen molar-refractivity contribution < 1.29 is 19.4 Å². The molecule has 0 aromatic carbocycles. The van der Waals surface area contributed by atoms with Crippen molar-refractivity contribution in [1.29, 1.82) is 0 Å². The predicted molar refractivity (Wildman–Crippen MR) is 248 cm³/mol. The molecule has 0 heterocycles. The van der Waals surface area contributed by atoms with Crippen LogP contribution in [0.25, 0.3) is 0 Å². The second-order valence-electron chi connectivity index (χ2n) is 17.3. The minimum absolute atomic E-state index is 0.0665. The third-order valence-electron chi connectivity index (χ3n) is 11.8. The number of unbranched alkanes of at least 4 members (excludes halogenated alkanes) is 25. The number of hydrogen-bond acceptors (Lipinski definition) is 6. The van der Waals surface area contributed by atoms with Crippen LogP contribution in [-0.2, 0) is 14.3 Å². The Kier molecular flexibility index (Phi) is 45.0. The highest BCUT2D eigenvalue weighted by Gasteiger charge is 2.19. The molecule has 0 aromatic heterocycles. The van der Waals surface area contributed by atoms with Crippen LogP contribution in [0, 0.1) is 5.92 Å². The number of carbonyl (C=O) groups is 2. The largest absolute Gasteiger partial charge is 0.465 e. The SMILES string of the molecule is CCCCCCCCC(CCCCCC)SC(=O)CCCCCCCN(CCCCO)CCCCCCCOC(=O)C(CCCCCC)CCCCCCCC. The number of thioether (sulfide) groups is 1. The lowest BCUT2D eigenvalue weighted by Crippen LogP contribution is -2.27. The van der Waals surface area contributed by atoms with Crippen molar-refractivity contribution in [3.8, 4) is 0 Å². The Morgan fingerprint density at radius 3 is 1.32 bits per heavy atom. The van der Waals surface area contributed by atoms with E-state index in [1.54, 1.807) is 11.8 Å². The van der Waals surface area contributed by atoms with Gasteiger partial charge in [0.2, 0.25) is 0 Å². The van der Waals surface area contributed by atoms with Gasteiger partial charge in [0.1, 0.15) is 0 Å². The minimum Gasteiger partial charge on any atom is -0.465 e. The molecular formula is C50H99NO4S. The third kappa shape index (κ3) is 38.9. The molecule has 5 nitrogen and oxygen atoms in total. The molecular weight excluding hydrogens is 711 g/mol. The van der Waals surface area contributed by atoms with E-state index in [0.29, 0.717) is 17.0 Å². The van der Waals surface area contributed by atoms with Crippen LogP contribution in [0.15, 0.2) is 0 Å². The predicted octanol–water partition coefficient (Wildman–Crippen LogP) is 15.6. The maximum absolute atomic E-state index is 13.0. The molecule has 0 aromatic rings. The van der Waals surface area contributed by atoms with Gasteiger partial charge in [-0.25, -0.2) is 0 Å². The van der Waals surface area contributed by atoms with Gasteiger partial charge in [-0.1, -0.05) is 206 Å². The van der Waals surface area contributed by atoms with E-state index >= 15 is 0 Å². The van der Waals surface area contributed by atoms with E-state index in [9.17, 15) is 14.7 Å². The van der Waals surface area contributed by atoms with Gasteiger partial charge in [-0.3, -0.25) is 9.59 Å². The van der Waals surface area contributed by atoms with Crippen molar-refractivity contribution in [3.63, 3.8) is 0 Å². The van der Waals surface area contributed by atoms with Gasteiger partial charge in [-0.05, 0) is 83.8 Å². The Morgan fingerprint density at radius 1 is 0.464 bits per heavy atom. The summed E-state index contributed by atoms with van der Waals surface area (Å²) >= 11 is 1.69. The zero-order valence-electron chi connectivity index (χ0n) is 38.4. The number of rotatable bonds is 46. The first kappa shape index (κ1) is 55.4. The average Bonchev–Trinajstić information content (AvgIpc) is 3.19. The van der Waals surface area contributed by atoms with Gasteiger partial charge in [0, 0.05) is 18.3 Å². The van der Waals surface area contributed by atoms with Crippen LogP contribution >= 0.6 is 11.8 Å². The number of carbonyl (C=O) groups excluding carboxylic acids is 2. The lowest BCUT2D eigenvalue weighted by atomic mass is 9.94. The van der Waals surface area contributed by atoms with E-state index in [1.807, 2.05) is 0 Å². The maximum Gasteiger partial charge on any atom is 0.308 e. The number of hydrogen-bond donors (Lipinski definition) is 1. The zero-order chi connectivity index (χ0) is 41.0. The van der Waals surface area contributed by atoms with Crippen molar-refractivity contribution >= 4 is 22.8 Å². The fourth-order valence-corrected chi connectivity index (χ4v) is 9.21. The van der Waals surface area contributed by atoms with E-state index in [2.05, 4.69) is 32.6 Å². The fourth-order valence-electron chi connectivity index (χ4n) is 8.00. The van der Waals surface area contributed by atoms with Gasteiger partial charge < -0.3 is 14.7 Å². The molecule has 0 bridgehead atoms. The molecule has 0 fully saturated rings. The van der Waals surface area contributed by atoms with Crippen LogP contribution in [0.3, 0.4) is 0 Å². The molecule has 0 aliphatic heterocycles. The van der Waals surface area contributed by atoms with Gasteiger partial charge in [-0.2, -0.15) is 0 Å². The summed E-state index contributed by atoms with van der Waals surface area (Å²) in [6, 6.07) is 0. The standard InChI is InChI=1S/C50H99NO4S/c1-5-9-13-17-21-28-38-47(37-27-15-11-7-3)50(54)55-46-36-26-20-25-33-43-51(44-34-35-45-52)42-32-24-19-23-31-41-49(53)56-48(39-29-16-12-8-4)40-30-22-18-14-10-6-2/h47-48,52H,5-46H2,1-4H3. The Balaban J connectivity index is 4.28. The Hall–Kier alpha value is -0.590. The van der Waals surface area contributed by atoms with Crippen LogP contribution in [0.1, 0.15) is 265 Å². The van der Waals surface area contributed by atoms with E-state index in [0.717, 1.165) is 83.8 Å². The van der Waals surface area contributed by atoms with Crippen molar-refractivity contribution in [2.45, 2.75) is 271 Å². The summed E-state index contributed by atoms with van der Waals surface area (Å²) in [5.41, 5.74) is 0. The summed E-state index contributed by atoms with van der Waals surface area (Å²) in [7, 11) is 0. The molecule has 0 spiro atoms. The summed E-state index contributed by atoms with van der Waals surface area (Å²) in [6.45, 7) is 13.3. The molecule has 0 aliphatic carbocycles. The molecule has 6 heteroatoms. The summed E-state index contributed by atoms with van der Waals surface area (Å²) < 4.78 is 5.82. The molecule has 0 amide bonds. The molecule has 2 atom stereocenters. The van der Waals surface area contributed by atoms with Crippen LogP contribution in [-0.4, -0.2) is 59.2 Å². The van der Waals surface area contributed by atoms with Crippen LogP contribution in [0.5, 0.6) is 0 Å². The number of nitrogens with zero attached hydrogens (tertiary/aromatic N) is 1. The number of aliphatic hydroxyl groups excluding tert-OH is 1. The van der Waals surface area contributed by atoms with Gasteiger partial charge in [0.05, 0.1) is 12.5 Å². The zero-order valence-corrected chi connectivity index (χ0v) is 39.2. The second-order valence-corrected chi connectivity index (χ2v) is 18.7. The first-order chi connectivity index (χ1) is 27.5. The molecule has 1 N–H and O–H groups in total. The Morgan fingerprint density at radius 2 is 0.839 bits per heavy atom. The molecule has 0 radical (unpaired) electrons. The van der Waals surface area contributed by atoms with Crippen molar-refractivity contribution in [2.24, 2.45) is 5.92 Å². The second kappa shape index (κ2) is 45.5. The molecule has 0 saturated heterocycles. The van der Waals surface area contributed by atoms with Gasteiger partial charge in [0.25, 0.3) is 0 Å². The van der Waals surface area contributed by atoms with Gasteiger partial charge in [-0.15, -0.1) is 0 Å². The fraction of sp³-hybridized carbons (Fsp3) is 0.960. The first-order valence-corrected chi connectivity index (χ1v) is 26.1. The lowest BCUT2D eigenvalue weighted by Gasteiger charge is -2.22. The van der Waals surface area contributed by atoms with Crippen LogP contribution < -0.4 is 0 Å². The quantitative estimate of drug-likeness (QED) is 0.0488. The topological polar surface area (TPSA) is 66.8 Å². The van der Waals surface area contributed by atoms with Crippen molar-refractivity contribution in [2.75, 3.05) is 32.8 Å². The number of aliphatic hydroxyl groups is 1. The highest BCUT2D eigenvalue weighted by molar-refractivity contribution is 8.14. The van der Waals surface area contributed by atoms with E-state index < -0.39 is 0 Å². The Bertz CT molecular complexity index is 810. The summed E-state index contributed by atoms with van der Waals surface area (Å²) in [5.74, 6) is 0.169.